The Hall–Kier alpha value is -4.71. The van der Waals surface area contributed by atoms with Crippen molar-refractivity contribution in [2.45, 2.75) is 290 Å². The highest BCUT2D eigenvalue weighted by Crippen LogP contribution is 2.15. The number of carbonyl (C=O) groups is 3. The molecule has 0 aliphatic rings. The molecule has 0 spiro atoms. The molecule has 0 aromatic heterocycles. The molecule has 0 heterocycles. The number of carbonyl (C=O) groups excluding carboxylic acids is 3. The molecule has 0 bridgehead atoms. The molecule has 0 amide bonds. The van der Waals surface area contributed by atoms with Crippen LogP contribution in [-0.4, -0.2) is 37.2 Å². The van der Waals surface area contributed by atoms with Crippen molar-refractivity contribution in [3.05, 3.63) is 146 Å². The fourth-order valence-electron chi connectivity index (χ4n) is 8.71. The molecular formula is C74H120O6. The first-order chi connectivity index (χ1) is 39.5. The van der Waals surface area contributed by atoms with Crippen molar-refractivity contribution in [3.8, 4) is 0 Å². The Labute approximate surface area is 493 Å². The summed E-state index contributed by atoms with van der Waals surface area (Å²) in [4.78, 5) is 38.3. The first-order valence-corrected chi connectivity index (χ1v) is 32.8. The standard InChI is InChI=1S/C74H120O6/c1-4-7-10-13-16-19-22-25-28-31-32-33-34-35-36-37-38-39-40-41-42-44-46-49-52-55-58-61-64-67-73(76)79-70-71(69-78-72(75)66-63-60-57-54-51-48-45-30-27-24-21-18-15-12-9-6-3)80-74(77)68-65-62-59-56-53-50-47-43-29-26-23-20-17-14-11-8-5-2/h7-8,10-11,16-17,19-21,24-26,28-30,32-33,35-36,45,47,50,56,59,71H,4-6,9,12-15,18,22-23,27,31,34,37-44,46,48-49,51-55,57-58,60-70H2,1-3H3/b10-7-,11-8-,19-16-,20-17-,24-21-,28-25-,29-26-,33-32-,36-35-,45-30-,50-47-,59-56-. The molecule has 0 saturated heterocycles. The van der Waals surface area contributed by atoms with Crippen LogP contribution in [0.5, 0.6) is 0 Å². The van der Waals surface area contributed by atoms with E-state index in [2.05, 4.69) is 167 Å². The first kappa shape index (κ1) is 75.3. The molecule has 0 aromatic carbocycles. The molecule has 0 aliphatic carbocycles. The van der Waals surface area contributed by atoms with Crippen LogP contribution < -0.4 is 0 Å². The predicted octanol–water partition coefficient (Wildman–Crippen LogP) is 22.7. The molecule has 0 saturated carbocycles. The lowest BCUT2D eigenvalue weighted by atomic mass is 10.0. The van der Waals surface area contributed by atoms with Crippen molar-refractivity contribution in [2.75, 3.05) is 13.2 Å². The van der Waals surface area contributed by atoms with Gasteiger partial charge < -0.3 is 14.2 Å². The molecular weight excluding hydrogens is 985 g/mol. The third-order valence-corrected chi connectivity index (χ3v) is 13.6. The molecule has 1 atom stereocenters. The van der Waals surface area contributed by atoms with Crippen LogP contribution in [0.15, 0.2) is 146 Å². The topological polar surface area (TPSA) is 78.9 Å². The first-order valence-electron chi connectivity index (χ1n) is 32.8. The lowest BCUT2D eigenvalue weighted by Crippen LogP contribution is -2.30. The van der Waals surface area contributed by atoms with Gasteiger partial charge in [-0.15, -0.1) is 0 Å². The zero-order valence-corrected chi connectivity index (χ0v) is 51.8. The number of hydrogen-bond acceptors (Lipinski definition) is 6. The minimum atomic E-state index is -0.821. The van der Waals surface area contributed by atoms with Crippen molar-refractivity contribution in [1.82, 2.24) is 0 Å². The highest BCUT2D eigenvalue weighted by molar-refractivity contribution is 5.71. The number of allylic oxidation sites excluding steroid dienone is 24. The van der Waals surface area contributed by atoms with Crippen molar-refractivity contribution in [1.29, 1.82) is 0 Å². The lowest BCUT2D eigenvalue weighted by Gasteiger charge is -2.18. The molecule has 0 radical (unpaired) electrons. The minimum absolute atomic E-state index is 0.110. The van der Waals surface area contributed by atoms with Gasteiger partial charge in [-0.25, -0.2) is 0 Å². The Morgan fingerprint density at radius 2 is 0.500 bits per heavy atom. The van der Waals surface area contributed by atoms with Crippen molar-refractivity contribution in [2.24, 2.45) is 0 Å². The van der Waals surface area contributed by atoms with Crippen LogP contribution in [0.25, 0.3) is 0 Å². The number of rotatable bonds is 58. The molecule has 1 unspecified atom stereocenters. The van der Waals surface area contributed by atoms with Crippen LogP contribution in [0.3, 0.4) is 0 Å². The summed E-state index contributed by atoms with van der Waals surface area (Å²) in [7, 11) is 0. The van der Waals surface area contributed by atoms with Gasteiger partial charge in [0.05, 0.1) is 0 Å². The van der Waals surface area contributed by atoms with Gasteiger partial charge in [0, 0.05) is 19.3 Å². The molecule has 6 heteroatoms. The van der Waals surface area contributed by atoms with Gasteiger partial charge in [0.1, 0.15) is 13.2 Å². The van der Waals surface area contributed by atoms with Crippen LogP contribution in [0, 0.1) is 0 Å². The second kappa shape index (κ2) is 66.8. The number of unbranched alkanes of at least 4 members (excludes halogenated alkanes) is 23. The van der Waals surface area contributed by atoms with E-state index in [0.29, 0.717) is 19.3 Å². The van der Waals surface area contributed by atoms with E-state index in [-0.39, 0.29) is 37.5 Å². The van der Waals surface area contributed by atoms with Gasteiger partial charge in [-0.2, -0.15) is 0 Å². The maximum atomic E-state index is 12.9. The smallest absolute Gasteiger partial charge is 0.306 e. The summed E-state index contributed by atoms with van der Waals surface area (Å²) in [5, 5.41) is 0. The Bertz CT molecular complexity index is 1750. The van der Waals surface area contributed by atoms with Gasteiger partial charge in [0.25, 0.3) is 0 Å². The summed E-state index contributed by atoms with van der Waals surface area (Å²) in [5.74, 6) is -0.982. The molecule has 0 fully saturated rings. The summed E-state index contributed by atoms with van der Waals surface area (Å²) in [6, 6.07) is 0. The predicted molar refractivity (Wildman–Crippen MR) is 348 cm³/mol. The van der Waals surface area contributed by atoms with Gasteiger partial charge in [0.2, 0.25) is 0 Å². The Balaban J connectivity index is 4.38. The number of ether oxygens (including phenoxy) is 3. The zero-order chi connectivity index (χ0) is 57.8. The molecule has 0 rings (SSSR count). The molecule has 6 nitrogen and oxygen atoms in total. The van der Waals surface area contributed by atoms with E-state index in [1.165, 1.54) is 103 Å². The Morgan fingerprint density at radius 1 is 0.263 bits per heavy atom. The van der Waals surface area contributed by atoms with Crippen LogP contribution in [0.1, 0.15) is 284 Å². The average Bonchev–Trinajstić information content (AvgIpc) is 3.46. The summed E-state index contributed by atoms with van der Waals surface area (Å²) < 4.78 is 16.9. The summed E-state index contributed by atoms with van der Waals surface area (Å²) >= 11 is 0. The molecule has 80 heavy (non-hydrogen) atoms. The van der Waals surface area contributed by atoms with E-state index >= 15 is 0 Å². The largest absolute Gasteiger partial charge is 0.462 e. The van der Waals surface area contributed by atoms with E-state index < -0.39 is 6.10 Å². The van der Waals surface area contributed by atoms with E-state index in [4.69, 9.17) is 14.2 Å². The van der Waals surface area contributed by atoms with E-state index in [9.17, 15) is 14.4 Å². The normalized spacial score (nSPS) is 13.1. The van der Waals surface area contributed by atoms with Crippen LogP contribution in [0.2, 0.25) is 0 Å². The monoisotopic (exact) mass is 1100 g/mol. The number of esters is 3. The maximum absolute atomic E-state index is 12.9. The molecule has 0 aliphatic heterocycles. The van der Waals surface area contributed by atoms with Gasteiger partial charge >= 0.3 is 17.9 Å². The minimum Gasteiger partial charge on any atom is -0.462 e. The molecule has 0 aromatic rings. The van der Waals surface area contributed by atoms with Crippen molar-refractivity contribution >= 4 is 17.9 Å². The summed E-state index contributed by atoms with van der Waals surface area (Å²) in [6.45, 7) is 6.34. The Morgan fingerprint density at radius 3 is 0.800 bits per heavy atom. The number of hydrogen-bond donors (Lipinski definition) is 0. The highest BCUT2D eigenvalue weighted by Gasteiger charge is 2.19. The van der Waals surface area contributed by atoms with Gasteiger partial charge in [0.15, 0.2) is 6.10 Å². The van der Waals surface area contributed by atoms with E-state index in [1.807, 2.05) is 0 Å². The van der Waals surface area contributed by atoms with Crippen LogP contribution in [-0.2, 0) is 28.6 Å². The second-order valence-corrected chi connectivity index (χ2v) is 21.3. The third-order valence-electron chi connectivity index (χ3n) is 13.6. The quantitative estimate of drug-likeness (QED) is 0.0261. The SMILES string of the molecule is CC/C=C\C/C=C\C/C=C\C/C=C\C/C=C\CCCCCCCCCCCCCCCC(=O)OCC(COC(=O)CCCCCCC/C=C\C/C=C\CCCCCC)OC(=O)CCC/C=C\C/C=C\C/C=C\C/C=C\C/C=C\CC. The molecule has 452 valence electrons. The fourth-order valence-corrected chi connectivity index (χ4v) is 8.71. The summed E-state index contributed by atoms with van der Waals surface area (Å²) in [6.07, 6.45) is 95.8. The van der Waals surface area contributed by atoms with Crippen LogP contribution >= 0.6 is 0 Å². The Kier molecular flexibility index (Phi) is 62.9. The van der Waals surface area contributed by atoms with E-state index in [0.717, 1.165) is 135 Å². The third kappa shape index (κ3) is 64.1. The average molecular weight is 1110 g/mol. The maximum Gasteiger partial charge on any atom is 0.306 e. The van der Waals surface area contributed by atoms with Crippen molar-refractivity contribution < 1.29 is 28.6 Å². The van der Waals surface area contributed by atoms with Crippen molar-refractivity contribution in [3.63, 3.8) is 0 Å². The van der Waals surface area contributed by atoms with Gasteiger partial charge in [-0.05, 0) is 135 Å². The lowest BCUT2D eigenvalue weighted by molar-refractivity contribution is -0.167. The van der Waals surface area contributed by atoms with Gasteiger partial charge in [-0.1, -0.05) is 276 Å². The second-order valence-electron chi connectivity index (χ2n) is 21.3. The summed E-state index contributed by atoms with van der Waals surface area (Å²) in [5.41, 5.74) is 0. The zero-order valence-electron chi connectivity index (χ0n) is 51.8. The van der Waals surface area contributed by atoms with E-state index in [1.54, 1.807) is 0 Å². The van der Waals surface area contributed by atoms with Crippen LogP contribution in [0.4, 0.5) is 0 Å². The highest BCUT2D eigenvalue weighted by atomic mass is 16.6. The van der Waals surface area contributed by atoms with Gasteiger partial charge in [-0.3, -0.25) is 14.4 Å². The fraction of sp³-hybridized carbons (Fsp3) is 0.635. The molecule has 0 N–H and O–H groups in total.